The highest BCUT2D eigenvalue weighted by atomic mass is 16.5. The number of ether oxygens (including phenoxy) is 3. The van der Waals surface area contributed by atoms with Gasteiger partial charge in [-0.1, -0.05) is 11.2 Å². The van der Waals surface area contributed by atoms with Crippen LogP contribution in [0.2, 0.25) is 0 Å². The Bertz CT molecular complexity index is 1260. The van der Waals surface area contributed by atoms with Gasteiger partial charge in [-0.15, -0.1) is 0 Å². The van der Waals surface area contributed by atoms with E-state index >= 15 is 0 Å². The SMILES string of the molecule is CCOc1ccc(/C(O)=C2/C(=O)C(=O)N(c3cc(C)on3)C2c2ccc(OC)c(OC)c2)cc1. The van der Waals surface area contributed by atoms with Crippen molar-refractivity contribution in [2.24, 2.45) is 0 Å². The van der Waals surface area contributed by atoms with Gasteiger partial charge in [-0.2, -0.15) is 0 Å². The lowest BCUT2D eigenvalue weighted by Crippen LogP contribution is -2.29. The van der Waals surface area contributed by atoms with Crippen LogP contribution in [-0.4, -0.2) is 42.8 Å². The summed E-state index contributed by atoms with van der Waals surface area (Å²) in [5.41, 5.74) is 0.801. The van der Waals surface area contributed by atoms with Crippen LogP contribution < -0.4 is 19.1 Å². The summed E-state index contributed by atoms with van der Waals surface area (Å²) in [6.45, 7) is 4.04. The fourth-order valence-electron chi connectivity index (χ4n) is 3.91. The van der Waals surface area contributed by atoms with Crippen LogP contribution in [0.4, 0.5) is 5.82 Å². The van der Waals surface area contributed by atoms with Gasteiger partial charge in [-0.3, -0.25) is 14.5 Å². The largest absolute Gasteiger partial charge is 0.507 e. The second-order valence-corrected chi connectivity index (χ2v) is 7.54. The highest BCUT2D eigenvalue weighted by Crippen LogP contribution is 2.44. The van der Waals surface area contributed by atoms with Crippen LogP contribution in [0.5, 0.6) is 17.2 Å². The van der Waals surface area contributed by atoms with Gasteiger partial charge in [0.25, 0.3) is 5.78 Å². The Morgan fingerprint density at radius 3 is 2.35 bits per heavy atom. The molecule has 0 bridgehead atoms. The van der Waals surface area contributed by atoms with Crippen molar-refractivity contribution >= 4 is 23.3 Å². The first-order chi connectivity index (χ1) is 16.4. The van der Waals surface area contributed by atoms with Crippen LogP contribution in [0.1, 0.15) is 29.9 Å². The molecule has 0 spiro atoms. The van der Waals surface area contributed by atoms with Gasteiger partial charge in [0.05, 0.1) is 32.4 Å². The van der Waals surface area contributed by atoms with Crippen LogP contribution in [0, 0.1) is 6.92 Å². The highest BCUT2D eigenvalue weighted by Gasteiger charge is 2.48. The quantitative estimate of drug-likeness (QED) is 0.317. The van der Waals surface area contributed by atoms with Gasteiger partial charge in [0.2, 0.25) is 0 Å². The molecule has 1 amide bonds. The molecule has 1 N–H and O–H groups in total. The van der Waals surface area contributed by atoms with Gasteiger partial charge in [0, 0.05) is 11.6 Å². The summed E-state index contributed by atoms with van der Waals surface area (Å²) >= 11 is 0. The number of hydrogen-bond donors (Lipinski definition) is 1. The zero-order chi connectivity index (χ0) is 24.4. The number of anilines is 1. The minimum Gasteiger partial charge on any atom is -0.507 e. The molecule has 1 fully saturated rings. The van der Waals surface area contributed by atoms with Crippen LogP contribution in [-0.2, 0) is 9.59 Å². The molecular formula is C25H24N2O7. The molecule has 9 nitrogen and oxygen atoms in total. The number of ketones is 1. The van der Waals surface area contributed by atoms with E-state index in [4.69, 9.17) is 18.7 Å². The van der Waals surface area contributed by atoms with E-state index in [0.29, 0.717) is 40.7 Å². The van der Waals surface area contributed by atoms with E-state index in [-0.39, 0.29) is 17.2 Å². The van der Waals surface area contributed by atoms with Crippen LogP contribution in [0.25, 0.3) is 5.76 Å². The van der Waals surface area contributed by atoms with Gasteiger partial charge in [-0.05, 0) is 55.8 Å². The third-order valence-electron chi connectivity index (χ3n) is 5.47. The zero-order valence-corrected chi connectivity index (χ0v) is 19.2. The fraction of sp³-hybridized carbons (Fsp3) is 0.240. The summed E-state index contributed by atoms with van der Waals surface area (Å²) < 4.78 is 21.3. The number of Topliss-reactive ketones (excluding diaryl/α,β-unsaturated/α-hetero) is 1. The lowest BCUT2D eigenvalue weighted by molar-refractivity contribution is -0.132. The first-order valence-corrected chi connectivity index (χ1v) is 10.6. The van der Waals surface area contributed by atoms with E-state index in [1.807, 2.05) is 6.92 Å². The Hall–Kier alpha value is -4.27. The monoisotopic (exact) mass is 464 g/mol. The Labute approximate surface area is 196 Å². The predicted octanol–water partition coefficient (Wildman–Crippen LogP) is 4.03. The van der Waals surface area contributed by atoms with Crippen molar-refractivity contribution in [3.8, 4) is 17.2 Å². The molecule has 0 saturated carbocycles. The van der Waals surface area contributed by atoms with Gasteiger partial charge >= 0.3 is 5.91 Å². The van der Waals surface area contributed by atoms with Gasteiger partial charge in [0.1, 0.15) is 17.3 Å². The predicted molar refractivity (Wildman–Crippen MR) is 123 cm³/mol. The van der Waals surface area contributed by atoms with Crippen LogP contribution in [0.3, 0.4) is 0 Å². The smallest absolute Gasteiger partial charge is 0.301 e. The first-order valence-electron chi connectivity index (χ1n) is 10.6. The summed E-state index contributed by atoms with van der Waals surface area (Å²) in [6, 6.07) is 12.2. The first kappa shape index (κ1) is 22.9. The maximum Gasteiger partial charge on any atom is 0.301 e. The standard InChI is InChI=1S/C25H24N2O7/c1-5-33-17-9-6-15(7-10-17)23(28)21-22(16-8-11-18(31-3)19(13-16)32-4)27(25(30)24(21)29)20-12-14(2)34-26-20/h6-13,22,28H,5H2,1-4H3/b23-21-. The van der Waals surface area contributed by atoms with Crippen molar-refractivity contribution in [1.82, 2.24) is 5.16 Å². The Kier molecular flexibility index (Phi) is 6.27. The van der Waals surface area contributed by atoms with Crippen molar-refractivity contribution < 1.29 is 33.4 Å². The van der Waals surface area contributed by atoms with Gasteiger partial charge in [-0.25, -0.2) is 0 Å². The van der Waals surface area contributed by atoms with Crippen molar-refractivity contribution in [3.05, 3.63) is 71.0 Å². The van der Waals surface area contributed by atoms with E-state index < -0.39 is 17.7 Å². The molecular weight excluding hydrogens is 440 g/mol. The van der Waals surface area contributed by atoms with Crippen molar-refractivity contribution in [2.45, 2.75) is 19.9 Å². The molecule has 0 aliphatic carbocycles. The van der Waals surface area contributed by atoms with Crippen molar-refractivity contribution in [1.29, 1.82) is 0 Å². The Balaban J connectivity index is 1.91. The van der Waals surface area contributed by atoms with Gasteiger partial charge < -0.3 is 23.8 Å². The number of nitrogens with zero attached hydrogens (tertiary/aromatic N) is 2. The Morgan fingerprint density at radius 2 is 1.76 bits per heavy atom. The van der Waals surface area contributed by atoms with Crippen LogP contribution in [0.15, 0.2) is 58.6 Å². The third-order valence-corrected chi connectivity index (χ3v) is 5.47. The second kappa shape index (κ2) is 9.30. The summed E-state index contributed by atoms with van der Waals surface area (Å²) in [4.78, 5) is 27.5. The van der Waals surface area contributed by atoms with Gasteiger partial charge in [0.15, 0.2) is 17.3 Å². The highest BCUT2D eigenvalue weighted by molar-refractivity contribution is 6.51. The number of aliphatic hydroxyl groups excluding tert-OH is 1. The lowest BCUT2D eigenvalue weighted by atomic mass is 9.95. The maximum absolute atomic E-state index is 13.2. The molecule has 1 aliphatic rings. The molecule has 2 heterocycles. The fourth-order valence-corrected chi connectivity index (χ4v) is 3.91. The molecule has 0 radical (unpaired) electrons. The average molecular weight is 464 g/mol. The van der Waals surface area contributed by atoms with Crippen molar-refractivity contribution in [2.75, 3.05) is 25.7 Å². The molecule has 4 rings (SSSR count). The van der Waals surface area contributed by atoms with E-state index in [9.17, 15) is 14.7 Å². The second-order valence-electron chi connectivity index (χ2n) is 7.54. The number of benzene rings is 2. The van der Waals surface area contributed by atoms with E-state index in [0.717, 1.165) is 0 Å². The lowest BCUT2D eigenvalue weighted by Gasteiger charge is -2.23. The molecule has 2 aromatic carbocycles. The number of rotatable bonds is 7. The number of aromatic nitrogens is 1. The third kappa shape index (κ3) is 3.96. The number of amides is 1. The number of carbonyl (C=O) groups excluding carboxylic acids is 2. The summed E-state index contributed by atoms with van der Waals surface area (Å²) in [6.07, 6.45) is 0. The average Bonchev–Trinajstić information content (AvgIpc) is 3.39. The summed E-state index contributed by atoms with van der Waals surface area (Å²) in [5.74, 6) is 0.139. The molecule has 1 aromatic heterocycles. The number of methoxy groups -OCH3 is 2. The normalized spacial score (nSPS) is 17.2. The van der Waals surface area contributed by atoms with E-state index in [1.54, 1.807) is 55.5 Å². The topological polar surface area (TPSA) is 111 Å². The van der Waals surface area contributed by atoms with E-state index in [2.05, 4.69) is 5.16 Å². The maximum atomic E-state index is 13.2. The molecule has 1 atom stereocenters. The zero-order valence-electron chi connectivity index (χ0n) is 19.2. The van der Waals surface area contributed by atoms with E-state index in [1.165, 1.54) is 19.1 Å². The Morgan fingerprint density at radius 1 is 1.06 bits per heavy atom. The molecule has 1 saturated heterocycles. The molecule has 1 aliphatic heterocycles. The molecule has 34 heavy (non-hydrogen) atoms. The number of hydrogen-bond acceptors (Lipinski definition) is 8. The number of carbonyl (C=O) groups is 2. The molecule has 3 aromatic rings. The molecule has 1 unspecified atom stereocenters. The minimum absolute atomic E-state index is 0.0815. The summed E-state index contributed by atoms with van der Waals surface area (Å²) in [7, 11) is 2.99. The number of aryl methyl sites for hydroxylation is 1. The summed E-state index contributed by atoms with van der Waals surface area (Å²) in [5, 5.41) is 15.1. The number of aliphatic hydroxyl groups is 1. The minimum atomic E-state index is -0.976. The molecule has 176 valence electrons. The molecule has 9 heteroatoms. The van der Waals surface area contributed by atoms with Crippen LogP contribution >= 0.6 is 0 Å². The van der Waals surface area contributed by atoms with Crippen molar-refractivity contribution in [3.63, 3.8) is 0 Å².